The van der Waals surface area contributed by atoms with E-state index in [-0.39, 0.29) is 5.91 Å². The summed E-state index contributed by atoms with van der Waals surface area (Å²) in [5.41, 5.74) is 2.82. The molecule has 1 N–H and O–H groups in total. The van der Waals surface area contributed by atoms with Gasteiger partial charge in [0.2, 0.25) is 5.91 Å². The minimum Gasteiger partial charge on any atom is -0.497 e. The Morgan fingerprint density at radius 3 is 2.07 bits per heavy atom. The van der Waals surface area contributed by atoms with Crippen LogP contribution in [0.2, 0.25) is 0 Å². The Bertz CT molecular complexity index is 883. The molecule has 0 unspecified atom stereocenters. The van der Waals surface area contributed by atoms with Gasteiger partial charge in [-0.15, -0.1) is 0 Å². The van der Waals surface area contributed by atoms with Crippen molar-refractivity contribution in [1.82, 2.24) is 4.90 Å². The zero-order valence-electron chi connectivity index (χ0n) is 17.9. The largest absolute Gasteiger partial charge is 0.497 e. The molecule has 160 valence electrons. The fourth-order valence-corrected chi connectivity index (χ4v) is 3.48. The summed E-state index contributed by atoms with van der Waals surface area (Å²) < 4.78 is 21.6. The summed E-state index contributed by atoms with van der Waals surface area (Å²) in [4.78, 5) is 14.5. The molecule has 2 aromatic carbocycles. The van der Waals surface area contributed by atoms with Crippen LogP contribution in [0.5, 0.6) is 23.0 Å². The summed E-state index contributed by atoms with van der Waals surface area (Å²) in [6.45, 7) is 1.76. The maximum Gasteiger partial charge on any atom is 0.238 e. The molecule has 1 amide bonds. The Hall–Kier alpha value is -3.19. The van der Waals surface area contributed by atoms with Crippen molar-refractivity contribution in [3.05, 3.63) is 48.0 Å². The average molecular weight is 412 g/mol. The van der Waals surface area contributed by atoms with Gasteiger partial charge in [-0.2, -0.15) is 0 Å². The Morgan fingerprint density at radius 1 is 0.933 bits per heavy atom. The maximum atomic E-state index is 12.4. The molecule has 0 bridgehead atoms. The van der Waals surface area contributed by atoms with Gasteiger partial charge >= 0.3 is 0 Å². The standard InChI is InChI=1S/C23H28N2O5/c1-27-18-7-5-17(6-8-18)24-22(26)15-25-11-9-16(10-12-25)23-20(29-3)13-19(28-2)14-21(23)30-4/h5-9,13-14H,10-12,15H2,1-4H3,(H,24,26). The first kappa shape index (κ1) is 21.5. The first-order valence-electron chi connectivity index (χ1n) is 9.73. The van der Waals surface area contributed by atoms with E-state index in [4.69, 9.17) is 18.9 Å². The third-order valence-electron chi connectivity index (χ3n) is 5.07. The molecule has 0 spiro atoms. The number of carbonyl (C=O) groups is 1. The molecule has 1 aliphatic heterocycles. The average Bonchev–Trinajstić information content (AvgIpc) is 2.79. The second-order valence-electron chi connectivity index (χ2n) is 6.90. The molecule has 1 aliphatic rings. The lowest BCUT2D eigenvalue weighted by molar-refractivity contribution is -0.117. The smallest absolute Gasteiger partial charge is 0.238 e. The van der Waals surface area contributed by atoms with Gasteiger partial charge in [0.1, 0.15) is 23.0 Å². The van der Waals surface area contributed by atoms with Gasteiger partial charge < -0.3 is 24.3 Å². The summed E-state index contributed by atoms with van der Waals surface area (Å²) in [6, 6.07) is 11.0. The molecule has 0 fully saturated rings. The van der Waals surface area contributed by atoms with Crippen LogP contribution in [0.4, 0.5) is 5.69 Å². The Kier molecular flexibility index (Phi) is 7.19. The summed E-state index contributed by atoms with van der Waals surface area (Å²) in [5.74, 6) is 2.81. The fourth-order valence-electron chi connectivity index (χ4n) is 3.48. The SMILES string of the molecule is COc1ccc(NC(=O)CN2CC=C(c3c(OC)cc(OC)cc3OC)CC2)cc1. The van der Waals surface area contributed by atoms with Gasteiger partial charge in [0.25, 0.3) is 0 Å². The molecule has 7 nitrogen and oxygen atoms in total. The normalized spacial score (nSPS) is 13.9. The highest BCUT2D eigenvalue weighted by Crippen LogP contribution is 2.40. The molecule has 2 aromatic rings. The van der Waals surface area contributed by atoms with Crippen LogP contribution in [0.3, 0.4) is 0 Å². The van der Waals surface area contributed by atoms with E-state index in [0.717, 1.165) is 35.5 Å². The molecule has 0 radical (unpaired) electrons. The van der Waals surface area contributed by atoms with Crippen molar-refractivity contribution >= 4 is 17.2 Å². The molecule has 0 saturated heterocycles. The third kappa shape index (κ3) is 5.04. The van der Waals surface area contributed by atoms with Crippen LogP contribution in [0.15, 0.2) is 42.5 Å². The third-order valence-corrected chi connectivity index (χ3v) is 5.07. The summed E-state index contributed by atoms with van der Waals surface area (Å²) in [6.07, 6.45) is 2.91. The minimum absolute atomic E-state index is 0.0448. The zero-order valence-corrected chi connectivity index (χ0v) is 17.9. The highest BCUT2D eigenvalue weighted by atomic mass is 16.5. The van der Waals surface area contributed by atoms with Crippen LogP contribution < -0.4 is 24.3 Å². The molecule has 0 saturated carbocycles. The second kappa shape index (κ2) is 10.0. The number of amides is 1. The van der Waals surface area contributed by atoms with Crippen LogP contribution >= 0.6 is 0 Å². The number of nitrogens with zero attached hydrogens (tertiary/aromatic N) is 1. The number of hydrogen-bond acceptors (Lipinski definition) is 6. The van der Waals surface area contributed by atoms with Crippen LogP contribution in [-0.4, -0.2) is 58.9 Å². The first-order chi connectivity index (χ1) is 14.6. The number of benzene rings is 2. The number of methoxy groups -OCH3 is 4. The predicted molar refractivity (Wildman–Crippen MR) is 117 cm³/mol. The topological polar surface area (TPSA) is 69.3 Å². The number of hydrogen-bond donors (Lipinski definition) is 1. The van der Waals surface area contributed by atoms with Crippen molar-refractivity contribution in [1.29, 1.82) is 0 Å². The van der Waals surface area contributed by atoms with Crippen LogP contribution in [0.1, 0.15) is 12.0 Å². The molecule has 0 aliphatic carbocycles. The highest BCUT2D eigenvalue weighted by Gasteiger charge is 2.22. The molecule has 0 atom stereocenters. The molecule has 7 heteroatoms. The van der Waals surface area contributed by atoms with Crippen LogP contribution in [0.25, 0.3) is 5.57 Å². The molecule has 3 rings (SSSR count). The number of rotatable bonds is 8. The number of carbonyl (C=O) groups excluding carboxylic acids is 1. The van der Waals surface area contributed by atoms with Crippen LogP contribution in [-0.2, 0) is 4.79 Å². The van der Waals surface area contributed by atoms with Crippen LogP contribution in [0, 0.1) is 0 Å². The number of nitrogens with one attached hydrogen (secondary N) is 1. The minimum atomic E-state index is -0.0448. The van der Waals surface area contributed by atoms with E-state index in [1.54, 1.807) is 28.4 Å². The lowest BCUT2D eigenvalue weighted by atomic mass is 9.97. The predicted octanol–water partition coefficient (Wildman–Crippen LogP) is 3.45. The van der Waals surface area contributed by atoms with E-state index < -0.39 is 0 Å². The van der Waals surface area contributed by atoms with E-state index in [9.17, 15) is 4.79 Å². The fraction of sp³-hybridized carbons (Fsp3) is 0.348. The zero-order chi connectivity index (χ0) is 21.5. The van der Waals surface area contributed by atoms with E-state index in [2.05, 4.69) is 16.3 Å². The van der Waals surface area contributed by atoms with Gasteiger partial charge in [0, 0.05) is 30.9 Å². The molecular formula is C23H28N2O5. The maximum absolute atomic E-state index is 12.4. The van der Waals surface area contributed by atoms with Crippen molar-refractivity contribution in [3.8, 4) is 23.0 Å². The first-order valence-corrected chi connectivity index (χ1v) is 9.73. The summed E-state index contributed by atoms with van der Waals surface area (Å²) >= 11 is 0. The highest BCUT2D eigenvalue weighted by molar-refractivity contribution is 5.92. The molecule has 0 aromatic heterocycles. The van der Waals surface area contributed by atoms with Gasteiger partial charge in [0.15, 0.2) is 0 Å². The second-order valence-corrected chi connectivity index (χ2v) is 6.90. The lowest BCUT2D eigenvalue weighted by Crippen LogP contribution is -2.36. The van der Waals surface area contributed by atoms with Crippen molar-refractivity contribution < 1.29 is 23.7 Å². The van der Waals surface area contributed by atoms with Gasteiger partial charge in [-0.25, -0.2) is 0 Å². The Labute approximate surface area is 177 Å². The van der Waals surface area contributed by atoms with E-state index >= 15 is 0 Å². The summed E-state index contributed by atoms with van der Waals surface area (Å²) in [7, 11) is 6.50. The van der Waals surface area contributed by atoms with E-state index in [1.807, 2.05) is 36.4 Å². The van der Waals surface area contributed by atoms with Gasteiger partial charge in [-0.05, 0) is 36.3 Å². The molecule has 30 heavy (non-hydrogen) atoms. The Morgan fingerprint density at radius 2 is 1.57 bits per heavy atom. The number of anilines is 1. The van der Waals surface area contributed by atoms with Gasteiger partial charge in [0.05, 0.1) is 40.5 Å². The quantitative estimate of drug-likeness (QED) is 0.716. The Balaban J connectivity index is 1.65. The van der Waals surface area contributed by atoms with Crippen molar-refractivity contribution in [2.45, 2.75) is 6.42 Å². The molecule has 1 heterocycles. The molecular weight excluding hydrogens is 384 g/mol. The van der Waals surface area contributed by atoms with Crippen molar-refractivity contribution in [2.24, 2.45) is 0 Å². The van der Waals surface area contributed by atoms with E-state index in [1.165, 1.54) is 0 Å². The van der Waals surface area contributed by atoms with Crippen molar-refractivity contribution in [3.63, 3.8) is 0 Å². The van der Waals surface area contributed by atoms with Crippen molar-refractivity contribution in [2.75, 3.05) is 53.4 Å². The van der Waals surface area contributed by atoms with Gasteiger partial charge in [-0.3, -0.25) is 9.69 Å². The summed E-state index contributed by atoms with van der Waals surface area (Å²) in [5, 5.41) is 2.92. The monoisotopic (exact) mass is 412 g/mol. The van der Waals surface area contributed by atoms with Gasteiger partial charge in [-0.1, -0.05) is 6.08 Å². The lowest BCUT2D eigenvalue weighted by Gasteiger charge is -2.27. The number of ether oxygens (including phenoxy) is 4. The van der Waals surface area contributed by atoms with E-state index in [0.29, 0.717) is 30.3 Å².